The molecule has 1 aromatic heterocycles. The first-order valence-corrected chi connectivity index (χ1v) is 12.7. The lowest BCUT2D eigenvalue weighted by Gasteiger charge is -2.40. The molecule has 2 aliphatic rings. The van der Waals surface area contributed by atoms with E-state index < -0.39 is 8.32 Å². The van der Waals surface area contributed by atoms with E-state index in [1.54, 1.807) is 0 Å². The van der Waals surface area contributed by atoms with Gasteiger partial charge in [-0.25, -0.2) is 0 Å². The van der Waals surface area contributed by atoms with Crippen LogP contribution >= 0.6 is 0 Å². The van der Waals surface area contributed by atoms with E-state index in [0.29, 0.717) is 11.7 Å². The van der Waals surface area contributed by atoms with Crippen molar-refractivity contribution in [2.45, 2.75) is 82.8 Å². The molecule has 2 atom stereocenters. The summed E-state index contributed by atoms with van der Waals surface area (Å²) < 4.78 is 6.37. The number of pyridine rings is 1. The van der Waals surface area contributed by atoms with Gasteiger partial charge in [-0.15, -0.1) is 0 Å². The van der Waals surface area contributed by atoms with Crippen molar-refractivity contribution >= 4 is 14.1 Å². The van der Waals surface area contributed by atoms with Gasteiger partial charge in [-0.3, -0.25) is 9.78 Å². The van der Waals surface area contributed by atoms with Crippen LogP contribution in [0, 0.1) is 5.92 Å². The molecule has 1 aromatic rings. The molecule has 2 aliphatic carbocycles. The first-order valence-electron chi connectivity index (χ1n) is 9.80. The van der Waals surface area contributed by atoms with Crippen molar-refractivity contribution < 1.29 is 9.22 Å². The largest absolute Gasteiger partial charge is 0.417 e. The van der Waals surface area contributed by atoms with Gasteiger partial charge in [0.15, 0.2) is 8.32 Å². The normalized spacial score (nSPS) is 26.4. The second-order valence-electron chi connectivity index (χ2n) is 9.40. The lowest BCUT2D eigenvalue weighted by Crippen LogP contribution is -2.44. The smallest absolute Gasteiger partial charge is 0.191 e. The Labute approximate surface area is 153 Å². The summed E-state index contributed by atoms with van der Waals surface area (Å²) in [6.07, 6.45) is 7.66. The number of hydrogen-bond donors (Lipinski definition) is 0. The highest BCUT2D eigenvalue weighted by Gasteiger charge is 2.53. The molecule has 138 valence electrons. The van der Waals surface area contributed by atoms with Gasteiger partial charge in [-0.05, 0) is 67.8 Å². The minimum Gasteiger partial charge on any atom is -0.417 e. The average molecular weight is 360 g/mol. The average Bonchev–Trinajstić information content (AvgIpc) is 2.86. The molecule has 1 fully saturated rings. The third-order valence-electron chi connectivity index (χ3n) is 6.95. The van der Waals surface area contributed by atoms with Crippen molar-refractivity contribution in [2.75, 3.05) is 6.61 Å². The monoisotopic (exact) mass is 359 g/mol. The SMILES string of the molecule is CC(C)(C)[Si](C)(C)OCCC[C@]12C(=O)CCC[C@H]1Cc1ncccc12. The maximum Gasteiger partial charge on any atom is 0.191 e. The maximum atomic E-state index is 13.1. The van der Waals surface area contributed by atoms with E-state index in [4.69, 9.17) is 4.43 Å². The number of rotatable bonds is 5. The molecule has 3 rings (SSSR count). The fraction of sp³-hybridized carbons (Fsp3) is 0.714. The van der Waals surface area contributed by atoms with Crippen LogP contribution in [0.4, 0.5) is 0 Å². The van der Waals surface area contributed by atoms with Crippen LogP contribution in [0.25, 0.3) is 0 Å². The van der Waals surface area contributed by atoms with E-state index in [9.17, 15) is 4.79 Å². The molecule has 1 heterocycles. The minimum atomic E-state index is -1.71. The summed E-state index contributed by atoms with van der Waals surface area (Å²) in [5, 5.41) is 0.234. The van der Waals surface area contributed by atoms with Crippen LogP contribution in [0.5, 0.6) is 0 Å². The second kappa shape index (κ2) is 6.62. The van der Waals surface area contributed by atoms with Crippen molar-refractivity contribution in [3.05, 3.63) is 29.6 Å². The van der Waals surface area contributed by atoms with Gasteiger partial charge < -0.3 is 4.43 Å². The van der Waals surface area contributed by atoms with Crippen LogP contribution < -0.4 is 0 Å². The summed E-state index contributed by atoms with van der Waals surface area (Å²) in [7, 11) is -1.71. The zero-order chi connectivity index (χ0) is 18.3. The quantitative estimate of drug-likeness (QED) is 0.546. The number of nitrogens with zero attached hydrogens (tertiary/aromatic N) is 1. The van der Waals surface area contributed by atoms with Crippen LogP contribution in [0.2, 0.25) is 18.1 Å². The Morgan fingerprint density at radius 3 is 2.84 bits per heavy atom. The number of fused-ring (bicyclic) bond motifs is 3. The van der Waals surface area contributed by atoms with Gasteiger partial charge in [-0.2, -0.15) is 0 Å². The summed E-state index contributed by atoms with van der Waals surface area (Å²) in [6.45, 7) is 12.2. The highest BCUT2D eigenvalue weighted by atomic mass is 28.4. The molecular weight excluding hydrogens is 326 g/mol. The van der Waals surface area contributed by atoms with E-state index in [1.807, 2.05) is 12.3 Å². The summed E-state index contributed by atoms with van der Waals surface area (Å²) in [6, 6.07) is 4.15. The van der Waals surface area contributed by atoms with Crippen LogP contribution in [0.15, 0.2) is 18.3 Å². The Bertz CT molecular complexity index is 650. The third kappa shape index (κ3) is 3.23. The zero-order valence-corrected chi connectivity index (χ0v) is 17.5. The predicted octanol–water partition coefficient (Wildman–Crippen LogP) is 5.05. The molecule has 0 N–H and O–H groups in total. The lowest BCUT2D eigenvalue weighted by atomic mass is 9.63. The van der Waals surface area contributed by atoms with Gasteiger partial charge in [0.25, 0.3) is 0 Å². The molecule has 0 bridgehead atoms. The van der Waals surface area contributed by atoms with Crippen molar-refractivity contribution in [1.82, 2.24) is 4.98 Å². The van der Waals surface area contributed by atoms with E-state index in [1.165, 1.54) is 5.56 Å². The summed E-state index contributed by atoms with van der Waals surface area (Å²) in [4.78, 5) is 17.6. The number of Topliss-reactive ketones (excluding diaryl/α,β-unsaturated/α-hetero) is 1. The van der Waals surface area contributed by atoms with Crippen molar-refractivity contribution in [3.8, 4) is 0 Å². The number of carbonyl (C=O) groups is 1. The fourth-order valence-electron chi connectivity index (χ4n) is 4.47. The van der Waals surface area contributed by atoms with Crippen molar-refractivity contribution in [1.29, 1.82) is 0 Å². The van der Waals surface area contributed by atoms with E-state index in [2.05, 4.69) is 44.9 Å². The molecule has 0 aliphatic heterocycles. The first-order chi connectivity index (χ1) is 11.7. The molecule has 25 heavy (non-hydrogen) atoms. The summed E-state index contributed by atoms with van der Waals surface area (Å²) in [5.41, 5.74) is 2.10. The molecule has 0 unspecified atom stereocenters. The number of aromatic nitrogens is 1. The Kier molecular flexibility index (Phi) is 4.97. The predicted molar refractivity (Wildman–Crippen MR) is 104 cm³/mol. The summed E-state index contributed by atoms with van der Waals surface area (Å²) >= 11 is 0. The maximum absolute atomic E-state index is 13.1. The number of carbonyl (C=O) groups excluding carboxylic acids is 1. The van der Waals surface area contributed by atoms with Gasteiger partial charge in [-0.1, -0.05) is 26.8 Å². The van der Waals surface area contributed by atoms with Gasteiger partial charge in [0.05, 0.1) is 5.41 Å². The Morgan fingerprint density at radius 2 is 2.12 bits per heavy atom. The molecule has 1 saturated carbocycles. The highest BCUT2D eigenvalue weighted by molar-refractivity contribution is 6.74. The first kappa shape index (κ1) is 18.8. The highest BCUT2D eigenvalue weighted by Crippen LogP contribution is 2.51. The third-order valence-corrected chi connectivity index (χ3v) is 11.5. The van der Waals surface area contributed by atoms with Crippen molar-refractivity contribution in [2.24, 2.45) is 5.92 Å². The minimum absolute atomic E-state index is 0.234. The fourth-order valence-corrected chi connectivity index (χ4v) is 5.55. The molecule has 4 heteroatoms. The van der Waals surface area contributed by atoms with Crippen molar-refractivity contribution in [3.63, 3.8) is 0 Å². The van der Waals surface area contributed by atoms with E-state index in [-0.39, 0.29) is 10.5 Å². The molecule has 0 saturated heterocycles. The standard InChI is InChI=1S/C21H33NO2Si/c1-20(2,3)25(4,5)24-14-8-12-21-16(9-6-11-19(21)23)15-18-17(21)10-7-13-22-18/h7,10,13,16H,6,8-9,11-12,14-15H2,1-5H3/t16-,21-/m0/s1. The van der Waals surface area contributed by atoms with E-state index in [0.717, 1.165) is 50.8 Å². The van der Waals surface area contributed by atoms with E-state index >= 15 is 0 Å². The summed E-state index contributed by atoms with van der Waals surface area (Å²) in [5.74, 6) is 0.898. The zero-order valence-electron chi connectivity index (χ0n) is 16.5. The Balaban J connectivity index is 1.74. The molecule has 0 spiro atoms. The van der Waals surface area contributed by atoms with Crippen LogP contribution in [0.1, 0.15) is 64.1 Å². The molecule has 0 radical (unpaired) electrons. The Hall–Kier alpha value is -1.00. The van der Waals surface area contributed by atoms with Crippen LogP contribution in [-0.2, 0) is 21.1 Å². The van der Waals surface area contributed by atoms with Crippen LogP contribution in [0.3, 0.4) is 0 Å². The van der Waals surface area contributed by atoms with Gasteiger partial charge in [0.2, 0.25) is 0 Å². The van der Waals surface area contributed by atoms with Gasteiger partial charge >= 0.3 is 0 Å². The van der Waals surface area contributed by atoms with Gasteiger partial charge in [0.1, 0.15) is 5.78 Å². The number of hydrogen-bond acceptors (Lipinski definition) is 3. The van der Waals surface area contributed by atoms with Crippen LogP contribution in [-0.4, -0.2) is 25.7 Å². The lowest BCUT2D eigenvalue weighted by molar-refractivity contribution is -0.129. The Morgan fingerprint density at radius 1 is 1.36 bits per heavy atom. The molecule has 0 aromatic carbocycles. The second-order valence-corrected chi connectivity index (χ2v) is 14.2. The molecular formula is C21H33NO2Si. The number of ketones is 1. The topological polar surface area (TPSA) is 39.2 Å². The molecule has 3 nitrogen and oxygen atoms in total. The van der Waals surface area contributed by atoms with Gasteiger partial charge in [0, 0.05) is 24.9 Å². The molecule has 0 amide bonds.